The van der Waals surface area contributed by atoms with Gasteiger partial charge in [-0.05, 0) is 60.4 Å². The number of carbonyl (C=O) groups is 1. The van der Waals surface area contributed by atoms with Gasteiger partial charge in [-0.25, -0.2) is 0 Å². The first-order chi connectivity index (χ1) is 11.7. The molecular formula is C19H22N2O2S. The molecule has 2 heterocycles. The number of benzene rings is 1. The lowest BCUT2D eigenvalue weighted by atomic mass is 9.89. The van der Waals surface area contributed by atoms with Crippen LogP contribution < -0.4 is 4.90 Å². The van der Waals surface area contributed by atoms with Gasteiger partial charge in [0.25, 0.3) is 5.91 Å². The molecule has 2 aromatic rings. The first-order valence-electron chi connectivity index (χ1n) is 8.65. The van der Waals surface area contributed by atoms with Crippen LogP contribution in [0.2, 0.25) is 0 Å². The Balaban J connectivity index is 1.49. The topological polar surface area (TPSA) is 43.8 Å². The van der Waals surface area contributed by atoms with Gasteiger partial charge in [0.1, 0.15) is 5.75 Å². The van der Waals surface area contributed by atoms with Crippen molar-refractivity contribution in [3.05, 3.63) is 46.3 Å². The smallest absolute Gasteiger partial charge is 0.257 e. The van der Waals surface area contributed by atoms with E-state index in [0.29, 0.717) is 18.7 Å². The van der Waals surface area contributed by atoms with E-state index in [4.69, 9.17) is 0 Å². The lowest BCUT2D eigenvalue weighted by Gasteiger charge is -2.35. The zero-order chi connectivity index (χ0) is 16.5. The highest BCUT2D eigenvalue weighted by Gasteiger charge is 2.26. The summed E-state index contributed by atoms with van der Waals surface area (Å²) < 4.78 is 0. The Bertz CT molecular complexity index is 734. The highest BCUT2D eigenvalue weighted by atomic mass is 32.1. The molecule has 1 amide bonds. The minimum atomic E-state index is -0.0355. The molecule has 1 N–H and O–H groups in total. The second kappa shape index (κ2) is 6.48. The van der Waals surface area contributed by atoms with Crippen molar-refractivity contribution in [2.75, 3.05) is 31.1 Å². The van der Waals surface area contributed by atoms with Crippen molar-refractivity contribution in [3.8, 4) is 5.75 Å². The Morgan fingerprint density at radius 3 is 2.58 bits per heavy atom. The molecule has 1 aliphatic carbocycles. The Hall–Kier alpha value is -2.01. The second-order valence-corrected chi connectivity index (χ2v) is 7.46. The van der Waals surface area contributed by atoms with Crippen LogP contribution in [-0.2, 0) is 12.8 Å². The lowest BCUT2D eigenvalue weighted by Crippen LogP contribution is -2.48. The van der Waals surface area contributed by atoms with Crippen molar-refractivity contribution in [2.24, 2.45) is 0 Å². The molecule has 1 aliphatic heterocycles. The molecule has 0 saturated carbocycles. The van der Waals surface area contributed by atoms with Gasteiger partial charge in [-0.15, -0.1) is 11.3 Å². The maximum atomic E-state index is 12.8. The number of hydrogen-bond acceptors (Lipinski definition) is 4. The maximum Gasteiger partial charge on any atom is 0.257 e. The number of carbonyl (C=O) groups excluding carboxylic acids is 1. The van der Waals surface area contributed by atoms with E-state index >= 15 is 0 Å². The van der Waals surface area contributed by atoms with Gasteiger partial charge in [0.05, 0.1) is 10.6 Å². The molecule has 2 aliphatic rings. The fourth-order valence-electron chi connectivity index (χ4n) is 3.73. The fraction of sp³-hybridized carbons (Fsp3) is 0.421. The van der Waals surface area contributed by atoms with Crippen molar-refractivity contribution < 1.29 is 9.90 Å². The lowest BCUT2D eigenvalue weighted by molar-refractivity contribution is 0.0743. The molecule has 24 heavy (non-hydrogen) atoms. The third-order valence-electron chi connectivity index (χ3n) is 5.12. The summed E-state index contributed by atoms with van der Waals surface area (Å²) >= 11 is 1.74. The normalized spacial score (nSPS) is 17.7. The Morgan fingerprint density at radius 2 is 1.83 bits per heavy atom. The van der Waals surface area contributed by atoms with Gasteiger partial charge < -0.3 is 14.9 Å². The van der Waals surface area contributed by atoms with E-state index in [2.05, 4.69) is 22.4 Å². The van der Waals surface area contributed by atoms with Gasteiger partial charge in [0.15, 0.2) is 0 Å². The van der Waals surface area contributed by atoms with Gasteiger partial charge in [-0.3, -0.25) is 4.79 Å². The summed E-state index contributed by atoms with van der Waals surface area (Å²) in [5.41, 5.74) is 2.67. The van der Waals surface area contributed by atoms with E-state index in [9.17, 15) is 9.90 Å². The zero-order valence-corrected chi connectivity index (χ0v) is 14.5. The quantitative estimate of drug-likeness (QED) is 0.911. The summed E-state index contributed by atoms with van der Waals surface area (Å²) in [5, 5.41) is 13.9. The van der Waals surface area contributed by atoms with E-state index < -0.39 is 0 Å². The number of anilines is 1. The second-order valence-electron chi connectivity index (χ2n) is 6.54. The third-order valence-corrected chi connectivity index (χ3v) is 6.05. The number of hydrogen-bond donors (Lipinski definition) is 1. The molecular weight excluding hydrogens is 320 g/mol. The number of phenolic OH excluding ortho intramolecular Hbond substituents is 1. The predicted molar refractivity (Wildman–Crippen MR) is 97.2 cm³/mol. The Labute approximate surface area is 146 Å². The minimum absolute atomic E-state index is 0.0355. The number of phenols is 1. The van der Waals surface area contributed by atoms with Crippen LogP contribution in [0.5, 0.6) is 5.75 Å². The first-order valence-corrected chi connectivity index (χ1v) is 9.53. The summed E-state index contributed by atoms with van der Waals surface area (Å²) in [6.07, 6.45) is 4.16. The molecule has 0 radical (unpaired) electrons. The zero-order valence-electron chi connectivity index (χ0n) is 13.7. The van der Waals surface area contributed by atoms with Gasteiger partial charge in [-0.1, -0.05) is 6.07 Å². The standard InChI is InChI=1S/C19H22N2O2S/c22-18-15-5-2-1-4-14(15)7-8-16(18)19(23)21-11-9-20(10-12-21)17-6-3-13-24-17/h3,6-8,13,22H,1-2,4-5,9-12H2. The number of aromatic hydroxyl groups is 1. The highest BCUT2D eigenvalue weighted by molar-refractivity contribution is 7.14. The molecule has 4 rings (SSSR count). The van der Waals surface area contributed by atoms with Crippen molar-refractivity contribution >= 4 is 22.2 Å². The predicted octanol–water partition coefficient (Wildman–Crippen LogP) is 3.29. The molecule has 0 unspecified atom stereocenters. The molecule has 5 heteroatoms. The molecule has 0 bridgehead atoms. The van der Waals surface area contributed by atoms with Crippen molar-refractivity contribution in [3.63, 3.8) is 0 Å². The van der Waals surface area contributed by atoms with Crippen LogP contribution in [-0.4, -0.2) is 42.1 Å². The largest absolute Gasteiger partial charge is 0.507 e. The monoisotopic (exact) mass is 342 g/mol. The number of rotatable bonds is 2. The number of fused-ring (bicyclic) bond motifs is 1. The van der Waals surface area contributed by atoms with Crippen molar-refractivity contribution in [1.29, 1.82) is 0 Å². The van der Waals surface area contributed by atoms with Crippen LogP contribution in [0.25, 0.3) is 0 Å². The van der Waals surface area contributed by atoms with Gasteiger partial charge >= 0.3 is 0 Å². The summed E-state index contributed by atoms with van der Waals surface area (Å²) in [6, 6.07) is 8.02. The SMILES string of the molecule is O=C(c1ccc2c(c1O)CCCC2)N1CCN(c2cccs2)CC1. The number of nitrogens with zero attached hydrogens (tertiary/aromatic N) is 2. The van der Waals surface area contributed by atoms with Crippen LogP contribution in [0.15, 0.2) is 29.6 Å². The first kappa shape index (κ1) is 15.5. The average Bonchev–Trinajstić information content (AvgIpc) is 3.17. The highest BCUT2D eigenvalue weighted by Crippen LogP contribution is 2.33. The van der Waals surface area contributed by atoms with Crippen LogP contribution in [0.4, 0.5) is 5.00 Å². The molecule has 1 saturated heterocycles. The maximum absolute atomic E-state index is 12.8. The summed E-state index contributed by atoms with van der Waals surface area (Å²) in [6.45, 7) is 3.09. The number of thiophene rings is 1. The van der Waals surface area contributed by atoms with Crippen molar-refractivity contribution in [1.82, 2.24) is 4.90 Å². The van der Waals surface area contributed by atoms with Gasteiger partial charge in [0.2, 0.25) is 0 Å². The fourth-order valence-corrected chi connectivity index (χ4v) is 4.52. The molecule has 1 fully saturated rings. The van der Waals surface area contributed by atoms with Crippen LogP contribution in [0.1, 0.15) is 34.3 Å². The summed E-state index contributed by atoms with van der Waals surface area (Å²) in [4.78, 5) is 17.0. The number of aryl methyl sites for hydroxylation is 1. The van der Waals surface area contributed by atoms with E-state index in [1.54, 1.807) is 11.3 Å². The molecule has 0 atom stereocenters. The van der Waals surface area contributed by atoms with Crippen molar-refractivity contribution in [2.45, 2.75) is 25.7 Å². The number of amides is 1. The molecule has 126 valence electrons. The van der Waals surface area contributed by atoms with Gasteiger partial charge in [0, 0.05) is 26.2 Å². The van der Waals surface area contributed by atoms with E-state index in [1.807, 2.05) is 17.0 Å². The van der Waals surface area contributed by atoms with Gasteiger partial charge in [-0.2, -0.15) is 0 Å². The van der Waals surface area contributed by atoms with Crippen LogP contribution in [0, 0.1) is 0 Å². The Morgan fingerprint density at radius 1 is 1.04 bits per heavy atom. The van der Waals surface area contributed by atoms with E-state index in [0.717, 1.165) is 37.9 Å². The molecule has 1 aromatic carbocycles. The third kappa shape index (κ3) is 2.77. The van der Waals surface area contributed by atoms with Crippen LogP contribution in [0.3, 0.4) is 0 Å². The molecule has 0 spiro atoms. The minimum Gasteiger partial charge on any atom is -0.507 e. The Kier molecular flexibility index (Phi) is 4.19. The van der Waals surface area contributed by atoms with E-state index in [-0.39, 0.29) is 11.7 Å². The average molecular weight is 342 g/mol. The van der Waals surface area contributed by atoms with E-state index in [1.165, 1.54) is 17.0 Å². The summed E-state index contributed by atoms with van der Waals surface area (Å²) in [7, 11) is 0. The molecule has 1 aromatic heterocycles. The summed E-state index contributed by atoms with van der Waals surface area (Å²) in [5.74, 6) is 0.185. The van der Waals surface area contributed by atoms with Crippen LogP contribution >= 0.6 is 11.3 Å². The molecule has 4 nitrogen and oxygen atoms in total. The number of piperazine rings is 1.